The van der Waals surface area contributed by atoms with Crippen LogP contribution in [0.1, 0.15) is 19.3 Å². The van der Waals surface area contributed by atoms with Crippen LogP contribution in [0.2, 0.25) is 5.02 Å². The maximum atomic E-state index is 12.2. The highest BCUT2D eigenvalue weighted by Crippen LogP contribution is 2.29. The number of nitrogens with one attached hydrogen (secondary N) is 1. The predicted octanol–water partition coefficient (Wildman–Crippen LogP) is 3.42. The summed E-state index contributed by atoms with van der Waals surface area (Å²) in [6.07, 6.45) is 1.80. The predicted molar refractivity (Wildman–Crippen MR) is 85.2 cm³/mol. The van der Waals surface area contributed by atoms with Crippen LogP contribution in [0.3, 0.4) is 0 Å². The Kier molecular flexibility index (Phi) is 5.09. The molecule has 0 unspecified atom stereocenters. The number of carboxylic acids is 1. The van der Waals surface area contributed by atoms with Crippen molar-refractivity contribution in [3.05, 3.63) is 26.8 Å². The molecule has 2 rings (SSSR count). The van der Waals surface area contributed by atoms with Gasteiger partial charge in [-0.2, -0.15) is 0 Å². The number of anilines is 1. The summed E-state index contributed by atoms with van der Waals surface area (Å²) in [4.78, 5) is 24.4. The van der Waals surface area contributed by atoms with Gasteiger partial charge in [0.1, 0.15) is 0 Å². The average molecular weight is 409 g/mol. The summed E-state index contributed by atoms with van der Waals surface area (Å²) in [6.45, 7) is 0.216. The van der Waals surface area contributed by atoms with Crippen LogP contribution in [0.5, 0.6) is 0 Å². The molecule has 0 spiro atoms. The van der Waals surface area contributed by atoms with Crippen molar-refractivity contribution in [1.29, 1.82) is 0 Å². The van der Waals surface area contributed by atoms with Gasteiger partial charge in [0.25, 0.3) is 0 Å². The van der Waals surface area contributed by atoms with E-state index >= 15 is 0 Å². The maximum Gasteiger partial charge on any atom is 0.322 e. The SMILES string of the molecule is O=C(O)CCN(C(=O)Nc1ccc(I)cc1Cl)C1CC1. The normalized spacial score (nSPS) is 13.9. The molecule has 1 aliphatic carbocycles. The van der Waals surface area contributed by atoms with Crippen LogP contribution in [0.4, 0.5) is 10.5 Å². The number of carbonyl (C=O) groups excluding carboxylic acids is 1. The molecule has 0 bridgehead atoms. The van der Waals surface area contributed by atoms with Crippen LogP contribution in [0, 0.1) is 3.57 Å². The molecule has 0 aliphatic heterocycles. The van der Waals surface area contributed by atoms with Gasteiger partial charge in [-0.05, 0) is 53.6 Å². The van der Waals surface area contributed by atoms with E-state index in [9.17, 15) is 9.59 Å². The summed E-state index contributed by atoms with van der Waals surface area (Å²) in [6, 6.07) is 5.20. The number of halogens is 2. The van der Waals surface area contributed by atoms with Crippen molar-refractivity contribution in [1.82, 2.24) is 4.90 Å². The van der Waals surface area contributed by atoms with Gasteiger partial charge in [0.05, 0.1) is 17.1 Å². The van der Waals surface area contributed by atoms with Crippen molar-refractivity contribution in [2.75, 3.05) is 11.9 Å². The number of benzene rings is 1. The number of nitrogens with zero attached hydrogens (tertiary/aromatic N) is 1. The summed E-state index contributed by atoms with van der Waals surface area (Å²) in [5.41, 5.74) is 0.540. The van der Waals surface area contributed by atoms with E-state index in [1.165, 1.54) is 0 Å². The fourth-order valence-electron chi connectivity index (χ4n) is 1.83. The van der Waals surface area contributed by atoms with Crippen LogP contribution in [-0.2, 0) is 4.79 Å². The average Bonchev–Trinajstić information content (AvgIpc) is 3.17. The van der Waals surface area contributed by atoms with Crippen molar-refractivity contribution in [2.24, 2.45) is 0 Å². The van der Waals surface area contributed by atoms with Crippen LogP contribution in [0.25, 0.3) is 0 Å². The topological polar surface area (TPSA) is 69.6 Å². The molecule has 108 valence electrons. The summed E-state index contributed by atoms with van der Waals surface area (Å²) >= 11 is 8.21. The second-order valence-corrected chi connectivity index (χ2v) is 6.28. The van der Waals surface area contributed by atoms with Gasteiger partial charge in [-0.1, -0.05) is 11.6 Å². The van der Waals surface area contributed by atoms with Gasteiger partial charge in [-0.25, -0.2) is 4.79 Å². The third kappa shape index (κ3) is 4.24. The van der Waals surface area contributed by atoms with Gasteiger partial charge in [0.2, 0.25) is 0 Å². The molecular weight excluding hydrogens is 395 g/mol. The molecule has 1 aromatic carbocycles. The Hall–Kier alpha value is -1.02. The van der Waals surface area contributed by atoms with Crippen LogP contribution in [0.15, 0.2) is 18.2 Å². The lowest BCUT2D eigenvalue weighted by atomic mass is 10.3. The lowest BCUT2D eigenvalue weighted by Gasteiger charge is -2.22. The molecule has 1 aromatic rings. The molecule has 1 saturated carbocycles. The van der Waals surface area contributed by atoms with E-state index < -0.39 is 5.97 Å². The molecule has 0 atom stereocenters. The summed E-state index contributed by atoms with van der Waals surface area (Å²) in [5.74, 6) is -0.907. The molecule has 0 saturated heterocycles. The molecule has 5 nitrogen and oxygen atoms in total. The first kappa shape index (κ1) is 15.4. The zero-order valence-corrected chi connectivity index (χ0v) is 13.5. The first-order valence-corrected chi connectivity index (χ1v) is 7.67. The fraction of sp³-hybridized carbons (Fsp3) is 0.385. The third-order valence-corrected chi connectivity index (χ3v) is 3.97. The van der Waals surface area contributed by atoms with E-state index in [-0.39, 0.29) is 25.0 Å². The highest BCUT2D eigenvalue weighted by molar-refractivity contribution is 14.1. The Balaban J connectivity index is 2.02. The number of aliphatic carboxylic acids is 1. The largest absolute Gasteiger partial charge is 0.481 e. The number of rotatable bonds is 5. The quantitative estimate of drug-likeness (QED) is 0.734. The number of hydrogen-bond acceptors (Lipinski definition) is 2. The van der Waals surface area contributed by atoms with Gasteiger partial charge in [0.15, 0.2) is 0 Å². The monoisotopic (exact) mass is 408 g/mol. The van der Waals surface area contributed by atoms with Crippen molar-refractivity contribution in [3.63, 3.8) is 0 Å². The molecule has 0 radical (unpaired) electrons. The lowest BCUT2D eigenvalue weighted by molar-refractivity contribution is -0.137. The lowest BCUT2D eigenvalue weighted by Crippen LogP contribution is -2.38. The van der Waals surface area contributed by atoms with Gasteiger partial charge >= 0.3 is 12.0 Å². The van der Waals surface area contributed by atoms with E-state index in [0.29, 0.717) is 10.7 Å². The van der Waals surface area contributed by atoms with E-state index in [1.54, 1.807) is 17.0 Å². The van der Waals surface area contributed by atoms with E-state index in [4.69, 9.17) is 16.7 Å². The summed E-state index contributed by atoms with van der Waals surface area (Å²) in [7, 11) is 0. The summed E-state index contributed by atoms with van der Waals surface area (Å²) in [5, 5.41) is 11.9. The van der Waals surface area contributed by atoms with Gasteiger partial charge in [-0.3, -0.25) is 4.79 Å². The number of amides is 2. The van der Waals surface area contributed by atoms with Crippen molar-refractivity contribution in [2.45, 2.75) is 25.3 Å². The number of urea groups is 1. The third-order valence-electron chi connectivity index (χ3n) is 2.99. The molecule has 2 N–H and O–H groups in total. The molecule has 20 heavy (non-hydrogen) atoms. The van der Waals surface area contributed by atoms with Crippen molar-refractivity contribution >= 4 is 51.9 Å². The maximum absolute atomic E-state index is 12.2. The Labute approximate surface area is 135 Å². The van der Waals surface area contributed by atoms with Crippen molar-refractivity contribution in [3.8, 4) is 0 Å². The van der Waals surface area contributed by atoms with Crippen LogP contribution < -0.4 is 5.32 Å². The molecule has 0 aromatic heterocycles. The Morgan fingerprint density at radius 1 is 1.45 bits per heavy atom. The van der Waals surface area contributed by atoms with Crippen LogP contribution in [-0.4, -0.2) is 34.6 Å². The fourth-order valence-corrected chi connectivity index (χ4v) is 2.73. The highest BCUT2D eigenvalue weighted by Gasteiger charge is 2.32. The van der Waals surface area contributed by atoms with Gasteiger partial charge in [-0.15, -0.1) is 0 Å². The zero-order valence-electron chi connectivity index (χ0n) is 10.6. The molecule has 2 amide bonds. The first-order valence-electron chi connectivity index (χ1n) is 6.22. The zero-order chi connectivity index (χ0) is 14.7. The molecule has 7 heteroatoms. The standard InChI is InChI=1S/C13H14ClIN2O3/c14-10-7-8(15)1-4-11(10)16-13(20)17(9-2-3-9)6-5-12(18)19/h1,4,7,9H,2-3,5-6H2,(H,16,20)(H,18,19). The molecular formula is C13H14ClIN2O3. The smallest absolute Gasteiger partial charge is 0.322 e. The number of carboxylic acid groups (broad SMARTS) is 1. The van der Waals surface area contributed by atoms with E-state index in [0.717, 1.165) is 16.4 Å². The minimum atomic E-state index is -0.907. The summed E-state index contributed by atoms with van der Waals surface area (Å²) < 4.78 is 0.982. The van der Waals surface area contributed by atoms with Crippen molar-refractivity contribution < 1.29 is 14.7 Å². The second-order valence-electron chi connectivity index (χ2n) is 4.62. The highest BCUT2D eigenvalue weighted by atomic mass is 127. The molecule has 1 fully saturated rings. The van der Waals surface area contributed by atoms with Crippen LogP contribution >= 0.6 is 34.2 Å². The Morgan fingerprint density at radius 3 is 2.70 bits per heavy atom. The van der Waals surface area contributed by atoms with E-state index in [1.807, 2.05) is 6.07 Å². The number of carbonyl (C=O) groups is 2. The second kappa shape index (κ2) is 6.62. The van der Waals surface area contributed by atoms with Gasteiger partial charge in [0, 0.05) is 16.2 Å². The minimum Gasteiger partial charge on any atom is -0.481 e. The van der Waals surface area contributed by atoms with Gasteiger partial charge < -0.3 is 15.3 Å². The number of hydrogen-bond donors (Lipinski definition) is 2. The molecule has 1 aliphatic rings. The Bertz CT molecular complexity index is 534. The Morgan fingerprint density at radius 2 is 2.15 bits per heavy atom. The minimum absolute atomic E-state index is 0.0512. The first-order chi connectivity index (χ1) is 9.47. The molecule has 0 heterocycles. The van der Waals surface area contributed by atoms with E-state index in [2.05, 4.69) is 27.9 Å².